The summed E-state index contributed by atoms with van der Waals surface area (Å²) in [6.07, 6.45) is -3.89. The van der Waals surface area contributed by atoms with Gasteiger partial charge in [0.2, 0.25) is 0 Å². The first kappa shape index (κ1) is 21.9. The molecule has 1 atom stereocenters. The third-order valence-electron chi connectivity index (χ3n) is 5.72. The maximum absolute atomic E-state index is 14.0. The number of hydrogen-bond donors (Lipinski definition) is 2. The number of aromatic amines is 1. The lowest BCUT2D eigenvalue weighted by atomic mass is 10.0. The molecule has 6 nitrogen and oxygen atoms in total. The van der Waals surface area contributed by atoms with Crippen LogP contribution in [0.5, 0.6) is 0 Å². The predicted octanol–water partition coefficient (Wildman–Crippen LogP) is 5.44. The number of anilines is 2. The number of imidazole rings is 1. The van der Waals surface area contributed by atoms with Crippen molar-refractivity contribution in [2.24, 2.45) is 0 Å². The van der Waals surface area contributed by atoms with Crippen molar-refractivity contribution in [1.29, 1.82) is 0 Å². The Kier molecular flexibility index (Phi) is 5.43. The number of alkyl halides is 4. The number of nitrogens with zero attached hydrogens (tertiary/aromatic N) is 3. The predicted molar refractivity (Wildman–Crippen MR) is 120 cm³/mol. The number of para-hydroxylation sites is 1. The van der Waals surface area contributed by atoms with Gasteiger partial charge in [0.05, 0.1) is 16.6 Å². The van der Waals surface area contributed by atoms with Crippen molar-refractivity contribution in [3.63, 3.8) is 0 Å². The number of fused-ring (bicyclic) bond motifs is 1. The maximum Gasteiger partial charge on any atom is 0.417 e. The van der Waals surface area contributed by atoms with Gasteiger partial charge in [-0.3, -0.25) is 4.79 Å². The van der Waals surface area contributed by atoms with Crippen LogP contribution >= 0.6 is 0 Å². The van der Waals surface area contributed by atoms with E-state index in [9.17, 15) is 22.4 Å². The summed E-state index contributed by atoms with van der Waals surface area (Å²) in [6.45, 7) is 0.424. The van der Waals surface area contributed by atoms with E-state index in [2.05, 4.69) is 20.3 Å². The Morgan fingerprint density at radius 3 is 2.68 bits per heavy atom. The summed E-state index contributed by atoms with van der Waals surface area (Å²) in [5.41, 5.74) is 0.124. The number of nitrogens with one attached hydrogen (secondary N) is 2. The minimum atomic E-state index is -4.65. The van der Waals surface area contributed by atoms with Crippen LogP contribution in [0, 0.1) is 0 Å². The lowest BCUT2D eigenvalue weighted by Gasteiger charge is -2.20. The fourth-order valence-electron chi connectivity index (χ4n) is 4.09. The zero-order chi connectivity index (χ0) is 23.9. The van der Waals surface area contributed by atoms with E-state index in [-0.39, 0.29) is 35.4 Å². The average molecular weight is 469 g/mol. The van der Waals surface area contributed by atoms with E-state index in [1.54, 1.807) is 41.3 Å². The summed E-state index contributed by atoms with van der Waals surface area (Å²) in [7, 11) is 0. The molecule has 1 aliphatic rings. The minimum absolute atomic E-state index is 0.0169. The molecule has 2 N–H and O–H groups in total. The van der Waals surface area contributed by atoms with Crippen LogP contribution in [-0.4, -0.2) is 40.1 Å². The van der Waals surface area contributed by atoms with Crippen molar-refractivity contribution in [2.45, 2.75) is 18.8 Å². The van der Waals surface area contributed by atoms with Gasteiger partial charge in [-0.15, -0.1) is 0 Å². The second-order valence-electron chi connectivity index (χ2n) is 8.02. The number of halogens is 4. The summed E-state index contributed by atoms with van der Waals surface area (Å²) < 4.78 is 55.5. The van der Waals surface area contributed by atoms with Crippen LogP contribution in [0.3, 0.4) is 0 Å². The first-order chi connectivity index (χ1) is 16.3. The highest BCUT2D eigenvalue weighted by Gasteiger charge is 2.36. The molecular weight excluding hydrogens is 450 g/mol. The first-order valence-corrected chi connectivity index (χ1v) is 10.6. The normalized spacial score (nSPS) is 16.2. The Bertz CT molecular complexity index is 1350. The number of H-pyrrole nitrogens is 1. The number of carbonyl (C=O) groups excluding carboxylic acids is 1. The number of amides is 1. The van der Waals surface area contributed by atoms with E-state index >= 15 is 0 Å². The quantitative estimate of drug-likeness (QED) is 0.390. The number of benzene rings is 2. The fraction of sp³-hybridized carbons (Fsp3) is 0.208. The van der Waals surface area contributed by atoms with E-state index in [1.165, 1.54) is 18.3 Å². The summed E-state index contributed by atoms with van der Waals surface area (Å²) >= 11 is 0. The minimum Gasteiger partial charge on any atom is -0.368 e. The molecule has 10 heteroatoms. The van der Waals surface area contributed by atoms with Gasteiger partial charge in [0.15, 0.2) is 0 Å². The molecule has 0 spiro atoms. The Labute approximate surface area is 191 Å². The Morgan fingerprint density at radius 2 is 1.97 bits per heavy atom. The van der Waals surface area contributed by atoms with Crippen molar-refractivity contribution >= 4 is 28.4 Å². The van der Waals surface area contributed by atoms with E-state index in [1.807, 2.05) is 0 Å². The summed E-state index contributed by atoms with van der Waals surface area (Å²) in [4.78, 5) is 25.7. The molecule has 5 rings (SSSR count). The first-order valence-electron chi connectivity index (χ1n) is 10.6. The van der Waals surface area contributed by atoms with Crippen molar-refractivity contribution in [3.05, 3.63) is 71.9 Å². The zero-order valence-electron chi connectivity index (χ0n) is 17.7. The third-order valence-corrected chi connectivity index (χ3v) is 5.72. The molecule has 1 saturated heterocycles. The highest BCUT2D eigenvalue weighted by Crippen LogP contribution is 2.39. The molecule has 0 unspecified atom stereocenters. The van der Waals surface area contributed by atoms with Crippen molar-refractivity contribution in [3.8, 4) is 11.4 Å². The monoisotopic (exact) mass is 469 g/mol. The molecule has 3 heterocycles. The summed E-state index contributed by atoms with van der Waals surface area (Å²) in [5, 5.41) is 2.66. The van der Waals surface area contributed by atoms with Crippen LogP contribution in [0.2, 0.25) is 0 Å². The van der Waals surface area contributed by atoms with E-state index in [0.29, 0.717) is 23.6 Å². The van der Waals surface area contributed by atoms with Crippen molar-refractivity contribution in [1.82, 2.24) is 15.0 Å². The smallest absolute Gasteiger partial charge is 0.368 e. The molecule has 0 saturated carbocycles. The van der Waals surface area contributed by atoms with Crippen molar-refractivity contribution < 1.29 is 22.4 Å². The van der Waals surface area contributed by atoms with E-state index < -0.39 is 23.8 Å². The molecule has 2 aromatic heterocycles. The van der Waals surface area contributed by atoms with Crippen LogP contribution in [0.25, 0.3) is 22.4 Å². The van der Waals surface area contributed by atoms with Gasteiger partial charge in [0.1, 0.15) is 23.3 Å². The Morgan fingerprint density at radius 1 is 1.12 bits per heavy atom. The van der Waals surface area contributed by atoms with Crippen LogP contribution in [0.1, 0.15) is 22.3 Å². The second-order valence-corrected chi connectivity index (χ2v) is 8.02. The number of pyridine rings is 1. The summed E-state index contributed by atoms with van der Waals surface area (Å²) in [5.74, 6) is -0.159. The number of rotatable bonds is 4. The van der Waals surface area contributed by atoms with E-state index in [0.717, 1.165) is 6.07 Å². The molecule has 34 heavy (non-hydrogen) atoms. The molecule has 174 valence electrons. The van der Waals surface area contributed by atoms with Gasteiger partial charge in [-0.05, 0) is 48.9 Å². The van der Waals surface area contributed by atoms with Gasteiger partial charge in [0, 0.05) is 30.5 Å². The lowest BCUT2D eigenvalue weighted by molar-refractivity contribution is -0.137. The topological polar surface area (TPSA) is 73.9 Å². The number of hydrogen-bond acceptors (Lipinski definition) is 4. The van der Waals surface area contributed by atoms with Crippen molar-refractivity contribution in [2.75, 3.05) is 23.3 Å². The van der Waals surface area contributed by atoms with Gasteiger partial charge in [-0.2, -0.15) is 13.2 Å². The van der Waals surface area contributed by atoms with Crippen LogP contribution in [-0.2, 0) is 6.18 Å². The summed E-state index contributed by atoms with van der Waals surface area (Å²) in [6, 6.07) is 13.7. The zero-order valence-corrected chi connectivity index (χ0v) is 17.7. The third kappa shape index (κ3) is 4.18. The Balaban J connectivity index is 1.54. The SMILES string of the molecule is O=C(Nc1ccccn1)c1cccc2[nH]c(-c3ccc(N4CC[C@H](F)C4)cc3C(F)(F)F)nc12. The average Bonchev–Trinajstić information content (AvgIpc) is 3.45. The molecule has 1 aliphatic heterocycles. The largest absolute Gasteiger partial charge is 0.417 e. The van der Waals surface area contributed by atoms with Gasteiger partial charge >= 0.3 is 6.18 Å². The molecule has 0 radical (unpaired) electrons. The molecule has 2 aromatic carbocycles. The van der Waals surface area contributed by atoms with E-state index in [4.69, 9.17) is 0 Å². The molecule has 1 fully saturated rings. The number of carbonyl (C=O) groups is 1. The van der Waals surface area contributed by atoms with Gasteiger partial charge < -0.3 is 15.2 Å². The van der Waals surface area contributed by atoms with Gasteiger partial charge in [-0.25, -0.2) is 14.4 Å². The highest BCUT2D eigenvalue weighted by molar-refractivity contribution is 6.11. The molecule has 1 amide bonds. The molecule has 4 aromatic rings. The number of aromatic nitrogens is 3. The second kappa shape index (κ2) is 8.44. The van der Waals surface area contributed by atoms with Crippen LogP contribution < -0.4 is 10.2 Å². The highest BCUT2D eigenvalue weighted by atomic mass is 19.4. The molecule has 0 aliphatic carbocycles. The van der Waals surface area contributed by atoms with Crippen LogP contribution in [0.15, 0.2) is 60.8 Å². The van der Waals surface area contributed by atoms with Gasteiger partial charge in [0.25, 0.3) is 5.91 Å². The molecule has 0 bridgehead atoms. The Hall–Kier alpha value is -3.95. The van der Waals surface area contributed by atoms with Gasteiger partial charge in [-0.1, -0.05) is 12.1 Å². The lowest BCUT2D eigenvalue weighted by Crippen LogP contribution is -2.21. The maximum atomic E-state index is 14.0. The fourth-order valence-corrected chi connectivity index (χ4v) is 4.09. The van der Waals surface area contributed by atoms with Crippen LogP contribution in [0.4, 0.5) is 29.1 Å². The standard InChI is InChI=1S/C24H19F4N5O/c25-14-9-11-33(13-14)15-7-8-16(18(12-15)24(26,27)28)22-30-19-5-3-4-17(21(19)32-22)23(34)31-20-6-1-2-10-29-20/h1-8,10,12,14H,9,11,13H2,(H,30,32)(H,29,31,34)/t14-/m0/s1. The molecular formula is C24H19F4N5O.